The summed E-state index contributed by atoms with van der Waals surface area (Å²) in [7, 11) is 1.95. The fourth-order valence-corrected chi connectivity index (χ4v) is 1.36. The van der Waals surface area contributed by atoms with Crippen LogP contribution in [-0.2, 0) is 0 Å². The molecular formula is C10H19N3. The summed E-state index contributed by atoms with van der Waals surface area (Å²) >= 11 is 0. The smallest absolute Gasteiger partial charge is 0.0516 e. The lowest BCUT2D eigenvalue weighted by Gasteiger charge is -2.25. The molecule has 3 nitrogen and oxygen atoms in total. The van der Waals surface area contributed by atoms with E-state index < -0.39 is 0 Å². The first-order chi connectivity index (χ1) is 6.29. The molecule has 0 aliphatic rings. The number of hydrogen-bond donors (Lipinski definition) is 1. The van der Waals surface area contributed by atoms with Crippen molar-refractivity contribution >= 4 is 0 Å². The van der Waals surface area contributed by atoms with Gasteiger partial charge in [-0.2, -0.15) is 0 Å². The van der Waals surface area contributed by atoms with Crippen LogP contribution in [0.3, 0.4) is 0 Å². The second kappa shape index (κ2) is 4.92. The van der Waals surface area contributed by atoms with Crippen molar-refractivity contribution in [2.75, 3.05) is 18.7 Å². The monoisotopic (exact) mass is 181 g/mol. The van der Waals surface area contributed by atoms with E-state index in [-0.39, 0.29) is 0 Å². The molecule has 0 saturated carbocycles. The topological polar surface area (TPSA) is 20.2 Å². The van der Waals surface area contributed by atoms with Gasteiger partial charge in [0.05, 0.1) is 6.54 Å². The predicted octanol–water partition coefficient (Wildman–Crippen LogP) is 1.67. The van der Waals surface area contributed by atoms with Gasteiger partial charge in [-0.25, -0.2) is 10.5 Å². The average molecular weight is 181 g/mol. The van der Waals surface area contributed by atoms with Crippen molar-refractivity contribution in [3.05, 3.63) is 24.0 Å². The van der Waals surface area contributed by atoms with Gasteiger partial charge in [0, 0.05) is 18.9 Å². The van der Waals surface area contributed by atoms with Crippen LogP contribution in [0.2, 0.25) is 0 Å². The normalized spacial score (nSPS) is 10.4. The second-order valence-corrected chi connectivity index (χ2v) is 3.19. The zero-order chi connectivity index (χ0) is 9.68. The van der Waals surface area contributed by atoms with E-state index >= 15 is 0 Å². The minimum absolute atomic E-state index is 1.04. The Morgan fingerprint density at radius 1 is 1.54 bits per heavy atom. The fraction of sp³-hybridized carbons (Fsp3) is 0.600. The number of nitrogens with zero attached hydrogens (tertiary/aromatic N) is 2. The maximum Gasteiger partial charge on any atom is 0.0516 e. The first kappa shape index (κ1) is 10.1. The van der Waals surface area contributed by atoms with Crippen LogP contribution in [0.1, 0.15) is 25.5 Å². The molecule has 0 spiro atoms. The summed E-state index contributed by atoms with van der Waals surface area (Å²) in [6, 6.07) is 4.17. The van der Waals surface area contributed by atoms with Crippen LogP contribution in [0.15, 0.2) is 18.3 Å². The molecule has 1 N–H and O–H groups in total. The quantitative estimate of drug-likeness (QED) is 0.697. The summed E-state index contributed by atoms with van der Waals surface area (Å²) in [6.07, 6.45) is 4.50. The van der Waals surface area contributed by atoms with Gasteiger partial charge in [-0.05, 0) is 25.5 Å². The highest BCUT2D eigenvalue weighted by molar-refractivity contribution is 5.07. The van der Waals surface area contributed by atoms with Crippen molar-refractivity contribution in [3.8, 4) is 0 Å². The predicted molar refractivity (Wildman–Crippen MR) is 56.2 cm³/mol. The molecule has 1 rings (SSSR count). The first-order valence-electron chi connectivity index (χ1n) is 4.88. The molecule has 0 radical (unpaired) electrons. The molecule has 3 heteroatoms. The Bertz CT molecular complexity index is 242. The van der Waals surface area contributed by atoms with E-state index in [0.29, 0.717) is 0 Å². The van der Waals surface area contributed by atoms with Gasteiger partial charge in [0.1, 0.15) is 0 Å². The molecule has 1 heterocycles. The Morgan fingerprint density at radius 2 is 2.31 bits per heavy atom. The number of rotatable bonds is 5. The zero-order valence-corrected chi connectivity index (χ0v) is 8.75. The number of unbranched alkanes of at least 4 members (excludes halogenated alkanes) is 1. The molecule has 0 atom stereocenters. The minimum Gasteiger partial charge on any atom is -0.256 e. The Labute approximate surface area is 80.3 Å². The Kier molecular flexibility index (Phi) is 3.83. The lowest BCUT2D eigenvalue weighted by molar-refractivity contribution is 0.496. The number of aromatic nitrogens is 1. The number of nitrogens with one attached hydrogen (secondary N) is 1. The lowest BCUT2D eigenvalue weighted by Crippen LogP contribution is -2.45. The molecule has 0 bridgehead atoms. The third-order valence-electron chi connectivity index (χ3n) is 2.17. The fourth-order valence-electron chi connectivity index (χ4n) is 1.36. The van der Waals surface area contributed by atoms with E-state index in [1.807, 2.05) is 7.05 Å². The second-order valence-electron chi connectivity index (χ2n) is 3.19. The summed E-state index contributed by atoms with van der Waals surface area (Å²) in [5.41, 5.74) is 4.43. The highest BCUT2D eigenvalue weighted by Gasteiger charge is 2.02. The van der Waals surface area contributed by atoms with Crippen LogP contribution in [0.25, 0.3) is 0 Å². The number of hydrogen-bond acceptors (Lipinski definition) is 2. The summed E-state index contributed by atoms with van der Waals surface area (Å²) in [5.74, 6) is 0. The number of hydrazine groups is 1. The van der Waals surface area contributed by atoms with Crippen LogP contribution in [0.4, 0.5) is 0 Å². The van der Waals surface area contributed by atoms with Crippen LogP contribution >= 0.6 is 0 Å². The Morgan fingerprint density at radius 3 is 2.77 bits per heavy atom. The summed E-state index contributed by atoms with van der Waals surface area (Å²) in [4.78, 5) is 0. The molecule has 0 aromatic carbocycles. The standard InChI is InChI=1S/C10H19N3/c1-4-5-9-13(11-3)12-8-6-7-10(12)2/h6-8,11H,4-5,9H2,1-3H3. The van der Waals surface area contributed by atoms with E-state index in [2.05, 4.69) is 47.4 Å². The van der Waals surface area contributed by atoms with Crippen LogP contribution in [0, 0.1) is 6.92 Å². The van der Waals surface area contributed by atoms with E-state index in [0.717, 1.165) is 6.54 Å². The lowest BCUT2D eigenvalue weighted by atomic mass is 10.3. The van der Waals surface area contributed by atoms with Gasteiger partial charge in [-0.15, -0.1) is 0 Å². The number of aryl methyl sites for hydroxylation is 1. The maximum atomic E-state index is 3.18. The summed E-state index contributed by atoms with van der Waals surface area (Å²) in [6.45, 7) is 5.36. The minimum atomic E-state index is 1.04. The highest BCUT2D eigenvalue weighted by atomic mass is 15.7. The third-order valence-corrected chi connectivity index (χ3v) is 2.17. The van der Waals surface area contributed by atoms with Gasteiger partial charge in [0.25, 0.3) is 0 Å². The van der Waals surface area contributed by atoms with Gasteiger partial charge < -0.3 is 0 Å². The summed E-state index contributed by atoms with van der Waals surface area (Å²) < 4.78 is 2.13. The molecule has 13 heavy (non-hydrogen) atoms. The average Bonchev–Trinajstić information content (AvgIpc) is 2.54. The van der Waals surface area contributed by atoms with Crippen molar-refractivity contribution in [1.82, 2.24) is 10.1 Å². The molecule has 1 aromatic heterocycles. The highest BCUT2D eigenvalue weighted by Crippen LogP contribution is 2.00. The van der Waals surface area contributed by atoms with Crippen molar-refractivity contribution in [2.24, 2.45) is 0 Å². The molecule has 0 aliphatic heterocycles. The molecule has 1 aromatic rings. The van der Waals surface area contributed by atoms with Gasteiger partial charge in [-0.3, -0.25) is 4.68 Å². The maximum absolute atomic E-state index is 3.18. The first-order valence-corrected chi connectivity index (χ1v) is 4.88. The largest absolute Gasteiger partial charge is 0.256 e. The molecule has 0 aliphatic carbocycles. The van der Waals surface area contributed by atoms with Crippen molar-refractivity contribution in [1.29, 1.82) is 0 Å². The molecule has 0 fully saturated rings. The van der Waals surface area contributed by atoms with Gasteiger partial charge in [0.2, 0.25) is 0 Å². The Hall–Kier alpha value is -0.960. The SMILES string of the molecule is CCCCN(NC)n1cccc1C. The summed E-state index contributed by atoms with van der Waals surface area (Å²) in [5, 5.41) is 2.12. The van der Waals surface area contributed by atoms with E-state index in [9.17, 15) is 0 Å². The Balaban J connectivity index is 2.61. The van der Waals surface area contributed by atoms with Gasteiger partial charge >= 0.3 is 0 Å². The molecule has 0 amide bonds. The van der Waals surface area contributed by atoms with E-state index in [4.69, 9.17) is 0 Å². The molecule has 0 unspecified atom stereocenters. The van der Waals surface area contributed by atoms with Crippen molar-refractivity contribution in [3.63, 3.8) is 0 Å². The van der Waals surface area contributed by atoms with Crippen molar-refractivity contribution in [2.45, 2.75) is 26.7 Å². The third kappa shape index (κ3) is 2.49. The van der Waals surface area contributed by atoms with E-state index in [1.165, 1.54) is 18.5 Å². The molecule has 74 valence electrons. The van der Waals surface area contributed by atoms with Crippen LogP contribution in [0.5, 0.6) is 0 Å². The molecular weight excluding hydrogens is 162 g/mol. The van der Waals surface area contributed by atoms with Crippen LogP contribution in [-0.4, -0.2) is 18.3 Å². The zero-order valence-electron chi connectivity index (χ0n) is 8.75. The van der Waals surface area contributed by atoms with Crippen molar-refractivity contribution < 1.29 is 0 Å². The van der Waals surface area contributed by atoms with Crippen LogP contribution < -0.4 is 10.5 Å². The van der Waals surface area contributed by atoms with E-state index in [1.54, 1.807) is 0 Å². The molecule has 0 saturated heterocycles. The van der Waals surface area contributed by atoms with Gasteiger partial charge in [0.15, 0.2) is 0 Å². The van der Waals surface area contributed by atoms with Gasteiger partial charge in [-0.1, -0.05) is 13.3 Å².